The Balaban J connectivity index is 2.00. The molecule has 3 rings (SSSR count). The van der Waals surface area contributed by atoms with E-state index in [2.05, 4.69) is 4.98 Å². The topological polar surface area (TPSA) is 98.9 Å². The molecule has 2 aromatic rings. The van der Waals surface area contributed by atoms with Gasteiger partial charge in [-0.25, -0.2) is 0 Å². The number of H-pyrrole nitrogens is 1. The van der Waals surface area contributed by atoms with Gasteiger partial charge in [0, 0.05) is 6.20 Å². The van der Waals surface area contributed by atoms with Gasteiger partial charge >= 0.3 is 0 Å². The minimum atomic E-state index is -0.497. The van der Waals surface area contributed by atoms with Gasteiger partial charge in [-0.3, -0.25) is 9.59 Å². The minimum absolute atomic E-state index is 0.0785. The van der Waals surface area contributed by atoms with E-state index in [1.165, 1.54) is 29.9 Å². The van der Waals surface area contributed by atoms with Gasteiger partial charge in [0.2, 0.25) is 0 Å². The summed E-state index contributed by atoms with van der Waals surface area (Å²) < 4.78 is 1.54. The SMILES string of the molecule is N#Cc1cc2c(=O)n([C@H](CO)CC3CCCCC3)ccc2[nH]c1=O. The maximum absolute atomic E-state index is 12.8. The molecule has 6 heteroatoms. The lowest BCUT2D eigenvalue weighted by Crippen LogP contribution is -2.29. The summed E-state index contributed by atoms with van der Waals surface area (Å²) in [7, 11) is 0. The first-order valence-corrected chi connectivity index (χ1v) is 8.43. The second-order valence-electron chi connectivity index (χ2n) is 6.56. The lowest BCUT2D eigenvalue weighted by atomic mass is 9.85. The highest BCUT2D eigenvalue weighted by Crippen LogP contribution is 2.30. The predicted octanol–water partition coefficient (Wildman–Crippen LogP) is 2.07. The smallest absolute Gasteiger partial charge is 0.266 e. The van der Waals surface area contributed by atoms with Gasteiger partial charge in [0.15, 0.2) is 0 Å². The third-order valence-electron chi connectivity index (χ3n) is 4.99. The molecule has 2 aromatic heterocycles. The highest BCUT2D eigenvalue weighted by Gasteiger charge is 2.21. The molecule has 2 N–H and O–H groups in total. The molecule has 0 unspecified atom stereocenters. The number of hydrogen-bond acceptors (Lipinski definition) is 4. The Kier molecular flexibility index (Phi) is 4.81. The lowest BCUT2D eigenvalue weighted by Gasteiger charge is -2.26. The molecule has 0 spiro atoms. The van der Waals surface area contributed by atoms with Gasteiger partial charge in [-0.05, 0) is 24.5 Å². The van der Waals surface area contributed by atoms with Crippen molar-refractivity contribution < 1.29 is 5.11 Å². The van der Waals surface area contributed by atoms with Crippen LogP contribution in [0.3, 0.4) is 0 Å². The summed E-state index contributed by atoms with van der Waals surface area (Å²) in [5, 5.41) is 19.1. The average Bonchev–Trinajstić information content (AvgIpc) is 2.61. The monoisotopic (exact) mass is 327 g/mol. The second kappa shape index (κ2) is 7.02. The molecule has 1 aliphatic rings. The summed E-state index contributed by atoms with van der Waals surface area (Å²) in [5.74, 6) is 0.531. The number of nitriles is 1. The van der Waals surface area contributed by atoms with Crippen molar-refractivity contribution in [3.63, 3.8) is 0 Å². The van der Waals surface area contributed by atoms with Crippen LogP contribution in [-0.4, -0.2) is 21.3 Å². The van der Waals surface area contributed by atoms with Gasteiger partial charge in [-0.2, -0.15) is 5.26 Å². The van der Waals surface area contributed by atoms with E-state index < -0.39 is 5.56 Å². The summed E-state index contributed by atoms with van der Waals surface area (Å²) in [5.41, 5.74) is -0.446. The van der Waals surface area contributed by atoms with E-state index in [1.807, 2.05) is 0 Å². The standard InChI is InChI=1S/C18H21N3O3/c19-10-13-9-15-16(20-17(13)23)6-7-21(18(15)24)14(11-22)8-12-4-2-1-3-5-12/h6-7,9,12,14,22H,1-5,8,11H2,(H,20,23)/t14-/m0/s1. The number of aromatic nitrogens is 2. The number of rotatable bonds is 4. The molecule has 1 saturated carbocycles. The van der Waals surface area contributed by atoms with Crippen LogP contribution in [0.1, 0.15) is 50.1 Å². The van der Waals surface area contributed by atoms with Crippen LogP contribution in [-0.2, 0) is 0 Å². The third kappa shape index (κ3) is 3.13. The Bertz CT molecular complexity index is 885. The van der Waals surface area contributed by atoms with Crippen LogP contribution in [0.15, 0.2) is 27.9 Å². The molecule has 24 heavy (non-hydrogen) atoms. The van der Waals surface area contributed by atoms with Crippen LogP contribution < -0.4 is 11.1 Å². The summed E-state index contributed by atoms with van der Waals surface area (Å²) in [6.45, 7) is -0.101. The quantitative estimate of drug-likeness (QED) is 0.898. The van der Waals surface area contributed by atoms with E-state index in [4.69, 9.17) is 5.26 Å². The first-order chi connectivity index (χ1) is 11.6. The van der Waals surface area contributed by atoms with Gasteiger partial charge in [-0.1, -0.05) is 32.1 Å². The zero-order chi connectivity index (χ0) is 17.1. The third-order valence-corrected chi connectivity index (χ3v) is 4.99. The normalized spacial score (nSPS) is 16.8. The second-order valence-corrected chi connectivity index (χ2v) is 6.56. The van der Waals surface area contributed by atoms with Crippen molar-refractivity contribution in [2.75, 3.05) is 6.61 Å². The van der Waals surface area contributed by atoms with E-state index in [9.17, 15) is 14.7 Å². The lowest BCUT2D eigenvalue weighted by molar-refractivity contribution is 0.186. The molecule has 0 aliphatic heterocycles. The van der Waals surface area contributed by atoms with Crippen LogP contribution in [0, 0.1) is 17.2 Å². The highest BCUT2D eigenvalue weighted by molar-refractivity contribution is 5.78. The van der Waals surface area contributed by atoms with Crippen molar-refractivity contribution >= 4 is 10.9 Å². The van der Waals surface area contributed by atoms with Gasteiger partial charge in [0.1, 0.15) is 11.6 Å². The van der Waals surface area contributed by atoms with E-state index in [0.717, 1.165) is 19.3 Å². The number of hydrogen-bond donors (Lipinski definition) is 2. The number of nitrogens with zero attached hydrogens (tertiary/aromatic N) is 2. The molecule has 0 radical (unpaired) electrons. The van der Waals surface area contributed by atoms with Crippen LogP contribution in [0.4, 0.5) is 0 Å². The Hall–Kier alpha value is -2.39. The molecule has 0 bridgehead atoms. The van der Waals surface area contributed by atoms with Gasteiger partial charge in [0.05, 0.1) is 23.6 Å². The molecule has 126 valence electrons. The zero-order valence-corrected chi connectivity index (χ0v) is 13.5. The molecular formula is C18H21N3O3. The number of nitrogens with one attached hydrogen (secondary N) is 1. The summed E-state index contributed by atoms with van der Waals surface area (Å²) >= 11 is 0. The molecule has 0 amide bonds. The van der Waals surface area contributed by atoms with Gasteiger partial charge < -0.3 is 14.7 Å². The van der Waals surface area contributed by atoms with Crippen molar-refractivity contribution in [3.8, 4) is 6.07 Å². The maximum Gasteiger partial charge on any atom is 0.266 e. The molecule has 0 saturated heterocycles. The zero-order valence-electron chi connectivity index (χ0n) is 13.5. The van der Waals surface area contributed by atoms with Crippen LogP contribution in [0.25, 0.3) is 10.9 Å². The molecule has 1 atom stereocenters. The van der Waals surface area contributed by atoms with E-state index >= 15 is 0 Å². The minimum Gasteiger partial charge on any atom is -0.394 e. The highest BCUT2D eigenvalue weighted by atomic mass is 16.3. The molecule has 2 heterocycles. The number of aliphatic hydroxyl groups is 1. The molecule has 6 nitrogen and oxygen atoms in total. The number of fused-ring (bicyclic) bond motifs is 1. The fourth-order valence-corrected chi connectivity index (χ4v) is 3.67. The Morgan fingerprint density at radius 2 is 2.08 bits per heavy atom. The first-order valence-electron chi connectivity index (χ1n) is 8.43. The first kappa shape index (κ1) is 16.5. The molecule has 0 aromatic carbocycles. The van der Waals surface area contributed by atoms with Gasteiger partial charge in [0.25, 0.3) is 11.1 Å². The summed E-state index contributed by atoms with van der Waals surface area (Å²) in [6, 6.07) is 4.52. The van der Waals surface area contributed by atoms with Crippen LogP contribution in [0.2, 0.25) is 0 Å². The van der Waals surface area contributed by atoms with Crippen molar-refractivity contribution in [1.82, 2.24) is 9.55 Å². The molecular weight excluding hydrogens is 306 g/mol. The van der Waals surface area contributed by atoms with Crippen LogP contribution in [0.5, 0.6) is 0 Å². The van der Waals surface area contributed by atoms with Crippen molar-refractivity contribution in [3.05, 3.63) is 44.6 Å². The number of aromatic amines is 1. The number of pyridine rings is 2. The van der Waals surface area contributed by atoms with Crippen molar-refractivity contribution in [2.45, 2.75) is 44.6 Å². The largest absolute Gasteiger partial charge is 0.394 e. The molecule has 1 aliphatic carbocycles. The van der Waals surface area contributed by atoms with Gasteiger partial charge in [-0.15, -0.1) is 0 Å². The summed E-state index contributed by atoms with van der Waals surface area (Å²) in [4.78, 5) is 27.0. The van der Waals surface area contributed by atoms with E-state index in [-0.39, 0.29) is 23.8 Å². The summed E-state index contributed by atoms with van der Waals surface area (Å²) in [6.07, 6.45) is 8.37. The van der Waals surface area contributed by atoms with Crippen LogP contribution >= 0.6 is 0 Å². The van der Waals surface area contributed by atoms with E-state index in [1.54, 1.807) is 18.3 Å². The fraction of sp³-hybridized carbons (Fsp3) is 0.500. The van der Waals surface area contributed by atoms with Crippen molar-refractivity contribution in [2.24, 2.45) is 5.92 Å². The maximum atomic E-state index is 12.8. The van der Waals surface area contributed by atoms with E-state index in [0.29, 0.717) is 16.8 Å². The van der Waals surface area contributed by atoms with Crippen molar-refractivity contribution in [1.29, 1.82) is 5.26 Å². The average molecular weight is 327 g/mol. The Morgan fingerprint density at radius 1 is 1.33 bits per heavy atom. The molecule has 1 fully saturated rings. The predicted molar refractivity (Wildman–Crippen MR) is 90.9 cm³/mol. The Labute approximate surface area is 139 Å². The number of aliphatic hydroxyl groups excluding tert-OH is 1. The Morgan fingerprint density at radius 3 is 2.75 bits per heavy atom. The fourth-order valence-electron chi connectivity index (χ4n) is 3.67.